The quantitative estimate of drug-likeness (QED) is 0.329. The minimum absolute atomic E-state index is 0.119. The summed E-state index contributed by atoms with van der Waals surface area (Å²) in [6.07, 6.45) is 0.630. The standard InChI is InChI=1S/C26H29BrO3Si/c1-26(2,3)31(23-10-6-4-7-11-23,24-12-8-5-9-13-24)30-22-16-14-20(15-17-25(28)29)21(18-22)19-27/h4-14,16,18H,15,17,19H2,1-3H3,(H,28,29). The summed E-state index contributed by atoms with van der Waals surface area (Å²) in [6.45, 7) is 6.77. The molecule has 0 fully saturated rings. The number of rotatable bonds is 8. The summed E-state index contributed by atoms with van der Waals surface area (Å²) in [5, 5.41) is 12.0. The summed E-state index contributed by atoms with van der Waals surface area (Å²) in [5.74, 6) is 0.0379. The Hall–Kier alpha value is -2.37. The van der Waals surface area contributed by atoms with Gasteiger partial charge >= 0.3 is 14.3 Å². The Morgan fingerprint density at radius 2 is 1.45 bits per heavy atom. The summed E-state index contributed by atoms with van der Waals surface area (Å²) in [4.78, 5) is 11.0. The summed E-state index contributed by atoms with van der Waals surface area (Å²) in [5.41, 5.74) is 2.10. The molecule has 5 heteroatoms. The van der Waals surface area contributed by atoms with Gasteiger partial charge in [-0.25, -0.2) is 0 Å². The van der Waals surface area contributed by atoms with E-state index in [2.05, 4.69) is 91.3 Å². The number of hydrogen-bond donors (Lipinski definition) is 1. The number of carbonyl (C=O) groups is 1. The number of aryl methyl sites for hydroxylation is 1. The molecule has 31 heavy (non-hydrogen) atoms. The van der Waals surface area contributed by atoms with Gasteiger partial charge in [0.05, 0.1) is 0 Å². The molecule has 3 aromatic carbocycles. The van der Waals surface area contributed by atoms with Crippen molar-refractivity contribution in [2.45, 2.75) is 44.0 Å². The molecule has 3 nitrogen and oxygen atoms in total. The van der Waals surface area contributed by atoms with Crippen molar-refractivity contribution >= 4 is 40.6 Å². The van der Waals surface area contributed by atoms with Gasteiger partial charge in [-0.15, -0.1) is 0 Å². The van der Waals surface area contributed by atoms with Crippen LogP contribution in [0.4, 0.5) is 0 Å². The molecule has 0 spiro atoms. The lowest BCUT2D eigenvalue weighted by Crippen LogP contribution is -2.68. The van der Waals surface area contributed by atoms with Crippen LogP contribution in [0, 0.1) is 0 Å². The topological polar surface area (TPSA) is 46.5 Å². The molecular weight excluding hydrogens is 468 g/mol. The molecule has 1 N–H and O–H groups in total. The second-order valence-corrected chi connectivity index (χ2v) is 13.5. The van der Waals surface area contributed by atoms with Crippen LogP contribution < -0.4 is 14.8 Å². The van der Waals surface area contributed by atoms with Gasteiger partial charge in [0.25, 0.3) is 0 Å². The van der Waals surface area contributed by atoms with Crippen LogP contribution in [0.1, 0.15) is 38.3 Å². The molecule has 3 rings (SSSR count). The van der Waals surface area contributed by atoms with Crippen molar-refractivity contribution in [2.75, 3.05) is 0 Å². The third-order valence-corrected chi connectivity index (χ3v) is 11.2. The van der Waals surface area contributed by atoms with Crippen LogP contribution in [0.2, 0.25) is 5.04 Å². The molecular formula is C26H29BrO3Si. The van der Waals surface area contributed by atoms with Crippen LogP contribution in [0.25, 0.3) is 0 Å². The minimum atomic E-state index is -2.69. The van der Waals surface area contributed by atoms with Crippen molar-refractivity contribution in [1.29, 1.82) is 0 Å². The van der Waals surface area contributed by atoms with Crippen LogP contribution in [0.15, 0.2) is 78.9 Å². The maximum atomic E-state index is 11.0. The number of hydrogen-bond acceptors (Lipinski definition) is 2. The second kappa shape index (κ2) is 9.84. The number of carboxylic acids is 1. The van der Waals surface area contributed by atoms with Gasteiger partial charge in [0, 0.05) is 11.8 Å². The van der Waals surface area contributed by atoms with Gasteiger partial charge in [-0.3, -0.25) is 4.79 Å². The van der Waals surface area contributed by atoms with Crippen molar-refractivity contribution in [3.63, 3.8) is 0 Å². The van der Waals surface area contributed by atoms with E-state index in [1.165, 1.54) is 10.4 Å². The normalized spacial score (nSPS) is 11.9. The van der Waals surface area contributed by atoms with Crippen LogP contribution in [0.5, 0.6) is 5.75 Å². The molecule has 0 amide bonds. The monoisotopic (exact) mass is 496 g/mol. The fourth-order valence-electron chi connectivity index (χ4n) is 4.10. The number of alkyl halides is 1. The van der Waals surface area contributed by atoms with Gasteiger partial charge in [0.15, 0.2) is 0 Å². The van der Waals surface area contributed by atoms with E-state index in [0.29, 0.717) is 11.8 Å². The van der Waals surface area contributed by atoms with Gasteiger partial charge in [-0.05, 0) is 45.1 Å². The fraction of sp³-hybridized carbons (Fsp3) is 0.269. The molecule has 0 bridgehead atoms. The molecule has 0 aliphatic carbocycles. The molecule has 0 saturated heterocycles. The van der Waals surface area contributed by atoms with Crippen molar-refractivity contribution < 1.29 is 14.3 Å². The fourth-order valence-corrected chi connectivity index (χ4v) is 9.04. The molecule has 3 aromatic rings. The average Bonchev–Trinajstić information content (AvgIpc) is 2.76. The third-order valence-electron chi connectivity index (χ3n) is 5.62. The summed E-state index contributed by atoms with van der Waals surface area (Å²) >= 11 is 3.57. The third kappa shape index (κ3) is 5.10. The predicted octanol–water partition coefficient (Wildman–Crippen LogP) is 5.54. The van der Waals surface area contributed by atoms with E-state index < -0.39 is 14.3 Å². The van der Waals surface area contributed by atoms with E-state index in [9.17, 15) is 4.79 Å². The highest BCUT2D eigenvalue weighted by Gasteiger charge is 2.52. The molecule has 0 aromatic heterocycles. The molecule has 162 valence electrons. The van der Waals surface area contributed by atoms with Crippen molar-refractivity contribution in [3.8, 4) is 5.75 Å². The minimum Gasteiger partial charge on any atom is -0.534 e. The maximum Gasteiger partial charge on any atom is 0.319 e. The molecule has 0 radical (unpaired) electrons. The van der Waals surface area contributed by atoms with Gasteiger partial charge in [-0.2, -0.15) is 0 Å². The summed E-state index contributed by atoms with van der Waals surface area (Å²) < 4.78 is 7.06. The van der Waals surface area contributed by atoms with E-state index in [-0.39, 0.29) is 11.5 Å². The first-order valence-electron chi connectivity index (χ1n) is 10.5. The first kappa shape index (κ1) is 23.3. The number of carboxylic acid groups (broad SMARTS) is 1. The first-order chi connectivity index (χ1) is 14.8. The van der Waals surface area contributed by atoms with Crippen LogP contribution in [-0.2, 0) is 16.5 Å². The smallest absolute Gasteiger partial charge is 0.319 e. The Morgan fingerprint density at radius 1 is 0.903 bits per heavy atom. The second-order valence-electron chi connectivity index (χ2n) is 8.72. The highest BCUT2D eigenvalue weighted by atomic mass is 79.9. The van der Waals surface area contributed by atoms with Gasteiger partial charge in [-0.1, -0.05) is 103 Å². The molecule has 0 atom stereocenters. The van der Waals surface area contributed by atoms with Gasteiger partial charge < -0.3 is 9.53 Å². The molecule has 0 aliphatic rings. The van der Waals surface area contributed by atoms with E-state index >= 15 is 0 Å². The number of benzene rings is 3. The van der Waals surface area contributed by atoms with Crippen LogP contribution >= 0.6 is 15.9 Å². The lowest BCUT2D eigenvalue weighted by Gasteiger charge is -2.43. The maximum absolute atomic E-state index is 11.0. The highest BCUT2D eigenvalue weighted by molar-refractivity contribution is 9.08. The Balaban J connectivity index is 2.13. The van der Waals surface area contributed by atoms with Crippen LogP contribution in [0.3, 0.4) is 0 Å². The number of aliphatic carboxylic acids is 1. The largest absolute Gasteiger partial charge is 0.534 e. The SMILES string of the molecule is CC(C)(C)[Si](Oc1ccc(CCC(=O)O)c(CBr)c1)(c1ccccc1)c1ccccc1. The lowest BCUT2D eigenvalue weighted by atomic mass is 10.0. The molecule has 0 saturated carbocycles. The van der Waals surface area contributed by atoms with Crippen LogP contribution in [-0.4, -0.2) is 19.4 Å². The zero-order valence-corrected chi connectivity index (χ0v) is 20.9. The van der Waals surface area contributed by atoms with E-state index in [1.807, 2.05) is 24.3 Å². The first-order valence-corrected chi connectivity index (χ1v) is 13.5. The summed E-state index contributed by atoms with van der Waals surface area (Å²) in [6, 6.07) is 27.2. The zero-order chi connectivity index (χ0) is 22.5. The Kier molecular flexibility index (Phi) is 7.39. The number of halogens is 1. The zero-order valence-electron chi connectivity index (χ0n) is 18.3. The van der Waals surface area contributed by atoms with Gasteiger partial charge in [0.1, 0.15) is 5.75 Å². The molecule has 0 heterocycles. The van der Waals surface area contributed by atoms with E-state index in [1.54, 1.807) is 0 Å². The molecule has 0 unspecified atom stereocenters. The Morgan fingerprint density at radius 3 is 1.90 bits per heavy atom. The van der Waals surface area contributed by atoms with Crippen molar-refractivity contribution in [3.05, 3.63) is 90.0 Å². The van der Waals surface area contributed by atoms with E-state index in [4.69, 9.17) is 9.53 Å². The Labute approximate surface area is 194 Å². The van der Waals surface area contributed by atoms with Crippen molar-refractivity contribution in [1.82, 2.24) is 0 Å². The lowest BCUT2D eigenvalue weighted by molar-refractivity contribution is -0.136. The summed E-state index contributed by atoms with van der Waals surface area (Å²) in [7, 11) is -2.69. The molecule has 0 aliphatic heterocycles. The predicted molar refractivity (Wildman–Crippen MR) is 133 cm³/mol. The highest BCUT2D eigenvalue weighted by Crippen LogP contribution is 2.38. The van der Waals surface area contributed by atoms with E-state index in [0.717, 1.165) is 16.9 Å². The Bertz CT molecular complexity index is 974. The van der Waals surface area contributed by atoms with Gasteiger partial charge in [0.2, 0.25) is 0 Å². The average molecular weight is 498 g/mol. The van der Waals surface area contributed by atoms with Crippen molar-refractivity contribution in [2.24, 2.45) is 0 Å².